The van der Waals surface area contributed by atoms with Crippen LogP contribution in [-0.4, -0.2) is 11.3 Å². The van der Waals surface area contributed by atoms with Gasteiger partial charge in [0.25, 0.3) is 6.71 Å². The lowest BCUT2D eigenvalue weighted by molar-refractivity contribution is 0.488. The summed E-state index contributed by atoms with van der Waals surface area (Å²) in [5.74, 6) is 1.79. The second-order valence-corrected chi connectivity index (χ2v) is 15.1. The monoisotopic (exact) mass is 723 g/mol. The second kappa shape index (κ2) is 12.6. The van der Waals surface area contributed by atoms with Crippen LogP contribution in [0, 0.1) is 0 Å². The Bertz CT molecular complexity index is 3190. The molecule has 0 spiro atoms. The molecular weight excluding hydrogens is 689 g/mol. The van der Waals surface area contributed by atoms with E-state index in [1.807, 2.05) is 0 Å². The summed E-state index contributed by atoms with van der Waals surface area (Å²) in [6.07, 6.45) is 0. The summed E-state index contributed by atoms with van der Waals surface area (Å²) in [6, 6.07) is 75.3. The molecule has 0 amide bonds. The molecule has 1 aromatic heterocycles. The zero-order chi connectivity index (χ0) is 37.5. The molecule has 0 saturated carbocycles. The maximum atomic E-state index is 6.96. The SMILES string of the molecule is c1ccc2c(c1)Oc1cc3c(cc1B2c1ccccc1-c1ccccc1-n1c2ccccc2c2ccccc21)-c1ccccc1-c1ccccc1-c1ccccc1-3. The molecule has 0 N–H and O–H groups in total. The Kier molecular flexibility index (Phi) is 7.06. The van der Waals surface area contributed by atoms with Gasteiger partial charge in [-0.2, -0.15) is 0 Å². The van der Waals surface area contributed by atoms with Gasteiger partial charge in [0, 0.05) is 16.3 Å². The normalized spacial score (nSPS) is 12.3. The molecule has 3 heteroatoms. The van der Waals surface area contributed by atoms with Crippen LogP contribution in [-0.2, 0) is 0 Å². The first kappa shape index (κ1) is 31.9. The average molecular weight is 724 g/mol. The largest absolute Gasteiger partial charge is 0.458 e. The van der Waals surface area contributed by atoms with Crippen LogP contribution in [0.15, 0.2) is 206 Å². The van der Waals surface area contributed by atoms with Crippen molar-refractivity contribution >= 4 is 44.9 Å². The van der Waals surface area contributed by atoms with Gasteiger partial charge in [0.05, 0.1) is 16.7 Å². The Hall–Kier alpha value is -7.36. The van der Waals surface area contributed by atoms with E-state index in [0.717, 1.165) is 28.1 Å². The summed E-state index contributed by atoms with van der Waals surface area (Å²) in [4.78, 5) is 0. The van der Waals surface area contributed by atoms with Gasteiger partial charge in [-0.05, 0) is 91.3 Å². The molecular formula is C54H34BNO. The smallest absolute Gasteiger partial charge is 0.251 e. The third-order valence-corrected chi connectivity index (χ3v) is 12.1. The number of benzene rings is 9. The zero-order valence-electron chi connectivity index (χ0n) is 31.1. The molecule has 12 rings (SSSR count). The van der Waals surface area contributed by atoms with E-state index >= 15 is 0 Å². The standard InChI is InChI=1S/C54H34BNO/c1-2-18-36-35(17-1)37-19-3-5-21-39(37)45-33-49-54(34-46(45)40-22-6-4-20-38(36)40)57-53-32-16-12-28-48(53)55(49)47-27-11-7-23-41(47)42-24-8-13-29-50(42)56-51-30-14-9-25-43(51)44-26-10-15-31-52(44)56/h1-34H. The minimum absolute atomic E-state index is 0.0854. The molecule has 0 saturated heterocycles. The highest BCUT2D eigenvalue weighted by Crippen LogP contribution is 2.48. The quantitative estimate of drug-likeness (QED) is 0.166. The van der Waals surface area contributed by atoms with Crippen molar-refractivity contribution in [1.82, 2.24) is 4.57 Å². The van der Waals surface area contributed by atoms with Gasteiger partial charge < -0.3 is 9.30 Å². The van der Waals surface area contributed by atoms with Crippen molar-refractivity contribution in [1.29, 1.82) is 0 Å². The Morgan fingerprint density at radius 2 is 0.719 bits per heavy atom. The molecule has 0 fully saturated rings. The first-order valence-corrected chi connectivity index (χ1v) is 19.7. The van der Waals surface area contributed by atoms with Crippen LogP contribution in [0.25, 0.3) is 83.1 Å². The predicted molar refractivity (Wildman–Crippen MR) is 239 cm³/mol. The molecule has 57 heavy (non-hydrogen) atoms. The van der Waals surface area contributed by atoms with Gasteiger partial charge in [-0.25, -0.2) is 0 Å². The summed E-state index contributed by atoms with van der Waals surface area (Å²) < 4.78 is 9.40. The lowest BCUT2D eigenvalue weighted by Crippen LogP contribution is -2.55. The van der Waals surface area contributed by atoms with Gasteiger partial charge in [0.1, 0.15) is 11.5 Å². The Morgan fingerprint density at radius 3 is 1.32 bits per heavy atom. The molecule has 10 aromatic rings. The summed E-state index contributed by atoms with van der Waals surface area (Å²) in [6.45, 7) is -0.0854. The summed E-state index contributed by atoms with van der Waals surface area (Å²) >= 11 is 0. The first-order valence-electron chi connectivity index (χ1n) is 19.7. The van der Waals surface area contributed by atoms with Crippen molar-refractivity contribution in [3.05, 3.63) is 206 Å². The number of aromatic nitrogens is 1. The van der Waals surface area contributed by atoms with Gasteiger partial charge >= 0.3 is 0 Å². The Labute approximate surface area is 332 Å². The number of hydrogen-bond acceptors (Lipinski definition) is 1. The second-order valence-electron chi connectivity index (χ2n) is 15.1. The number of rotatable bonds is 3. The van der Waals surface area contributed by atoms with Crippen molar-refractivity contribution in [3.8, 4) is 72.8 Å². The van der Waals surface area contributed by atoms with Gasteiger partial charge in [-0.15, -0.1) is 0 Å². The van der Waals surface area contributed by atoms with Gasteiger partial charge in [0.2, 0.25) is 0 Å². The number of ether oxygens (including phenoxy) is 1. The third kappa shape index (κ3) is 4.79. The van der Waals surface area contributed by atoms with Crippen molar-refractivity contribution in [2.45, 2.75) is 0 Å². The molecule has 0 radical (unpaired) electrons. The van der Waals surface area contributed by atoms with Crippen LogP contribution in [0.4, 0.5) is 0 Å². The van der Waals surface area contributed by atoms with E-state index < -0.39 is 0 Å². The van der Waals surface area contributed by atoms with Crippen molar-refractivity contribution in [2.75, 3.05) is 0 Å². The molecule has 0 unspecified atom stereocenters. The van der Waals surface area contributed by atoms with Crippen LogP contribution in [0.1, 0.15) is 0 Å². The van der Waals surface area contributed by atoms with E-state index in [1.165, 1.54) is 82.9 Å². The highest BCUT2D eigenvalue weighted by molar-refractivity contribution is 6.97. The highest BCUT2D eigenvalue weighted by atomic mass is 16.5. The number of fused-ring (bicyclic) bond motifs is 13. The number of para-hydroxylation sites is 4. The predicted octanol–water partition coefficient (Wildman–Crippen LogP) is 12.1. The van der Waals surface area contributed by atoms with Gasteiger partial charge in [0.15, 0.2) is 0 Å². The fraction of sp³-hybridized carbons (Fsp3) is 0. The molecule has 9 aromatic carbocycles. The third-order valence-electron chi connectivity index (χ3n) is 12.1. The Morgan fingerprint density at radius 1 is 0.298 bits per heavy atom. The molecule has 0 bridgehead atoms. The molecule has 2 aliphatic rings. The van der Waals surface area contributed by atoms with E-state index in [9.17, 15) is 0 Å². The van der Waals surface area contributed by atoms with Crippen LogP contribution in [0.2, 0.25) is 0 Å². The molecule has 1 aliphatic carbocycles. The minimum Gasteiger partial charge on any atom is -0.458 e. The van der Waals surface area contributed by atoms with Gasteiger partial charge in [-0.1, -0.05) is 181 Å². The lowest BCUT2D eigenvalue weighted by atomic mass is 9.35. The maximum Gasteiger partial charge on any atom is 0.251 e. The fourth-order valence-electron chi connectivity index (χ4n) is 9.72. The molecule has 1 aliphatic heterocycles. The molecule has 0 atom stereocenters. The summed E-state index contributed by atoms with van der Waals surface area (Å²) in [5, 5.41) is 2.51. The van der Waals surface area contributed by atoms with E-state index in [0.29, 0.717) is 0 Å². The van der Waals surface area contributed by atoms with E-state index in [4.69, 9.17) is 4.74 Å². The van der Waals surface area contributed by atoms with Gasteiger partial charge in [-0.3, -0.25) is 0 Å². The lowest BCUT2D eigenvalue weighted by Gasteiger charge is -2.31. The van der Waals surface area contributed by atoms with Crippen LogP contribution in [0.3, 0.4) is 0 Å². The van der Waals surface area contributed by atoms with E-state index in [2.05, 4.69) is 211 Å². The molecule has 2 heterocycles. The maximum absolute atomic E-state index is 6.96. The summed E-state index contributed by atoms with van der Waals surface area (Å²) in [5.41, 5.74) is 19.3. The molecule has 2 nitrogen and oxygen atoms in total. The number of nitrogens with zero attached hydrogens (tertiary/aromatic N) is 1. The van der Waals surface area contributed by atoms with Crippen molar-refractivity contribution in [2.24, 2.45) is 0 Å². The van der Waals surface area contributed by atoms with Crippen LogP contribution in [0.5, 0.6) is 11.5 Å². The zero-order valence-corrected chi connectivity index (χ0v) is 31.1. The first-order chi connectivity index (χ1) is 28.3. The molecule has 264 valence electrons. The summed E-state index contributed by atoms with van der Waals surface area (Å²) in [7, 11) is 0. The van der Waals surface area contributed by atoms with Crippen LogP contribution < -0.4 is 21.1 Å². The topological polar surface area (TPSA) is 14.2 Å². The Balaban J connectivity index is 1.13. The van der Waals surface area contributed by atoms with E-state index in [-0.39, 0.29) is 6.71 Å². The fourth-order valence-corrected chi connectivity index (χ4v) is 9.72. The van der Waals surface area contributed by atoms with E-state index in [1.54, 1.807) is 0 Å². The van der Waals surface area contributed by atoms with Crippen molar-refractivity contribution < 1.29 is 4.74 Å². The van der Waals surface area contributed by atoms with Crippen LogP contribution >= 0.6 is 0 Å². The highest BCUT2D eigenvalue weighted by Gasteiger charge is 2.36. The minimum atomic E-state index is -0.0854. The number of hydrogen-bond donors (Lipinski definition) is 0. The average Bonchev–Trinajstić information content (AvgIpc) is 3.62. The van der Waals surface area contributed by atoms with Crippen molar-refractivity contribution in [3.63, 3.8) is 0 Å².